The van der Waals surface area contributed by atoms with Crippen molar-refractivity contribution in [1.29, 1.82) is 0 Å². The Morgan fingerprint density at radius 2 is 1.21 bits per heavy atom. The molecule has 3 nitrogen and oxygen atoms in total. The number of halogens is 5. The third kappa shape index (κ3) is 4.08. The van der Waals surface area contributed by atoms with E-state index in [1.54, 1.807) is 28.7 Å². The lowest BCUT2D eigenvalue weighted by Gasteiger charge is -2.47. The van der Waals surface area contributed by atoms with Crippen LogP contribution in [0.4, 0.5) is 27.6 Å². The standard InChI is InChI=1S/C43H31F5N2OS2/c1-42(2)33-19-11-7-9-13-29(19)52-40(33)21-15-23-27(17-25(21)49(42)5)51-28-18-26-22(16-24(28)31(23)32-35(44)37(46)39(48)38(47)36(32)45)41-34(43(3,4)50(26)6)20-12-8-10-14-30(20)53-41/h7-18,27H,1-6H3. The lowest BCUT2D eigenvalue weighted by Crippen LogP contribution is -2.43. The van der Waals surface area contributed by atoms with E-state index in [2.05, 4.69) is 61.8 Å². The Hall–Kier alpha value is -4.93. The molecule has 0 bridgehead atoms. The van der Waals surface area contributed by atoms with Gasteiger partial charge in [-0.05, 0) is 68.8 Å². The molecule has 10 heteroatoms. The molecule has 0 spiro atoms. The average molecular weight is 751 g/mol. The highest BCUT2D eigenvalue weighted by molar-refractivity contribution is 7.22. The van der Waals surface area contributed by atoms with Gasteiger partial charge in [0.2, 0.25) is 5.82 Å². The molecule has 0 N–H and O–H groups in total. The van der Waals surface area contributed by atoms with Crippen molar-refractivity contribution in [3.05, 3.63) is 140 Å². The SMILES string of the molecule is CN1C2=CC3Oc4cc5c(cc4C(c4c(F)c(F)c(F)c(F)c4F)=C3C=C2c2sc3ccccc3c2C1(C)C)-c1sc2ccccc2c1C(C)(C)N5C. The van der Waals surface area contributed by atoms with Crippen LogP contribution in [0.2, 0.25) is 0 Å². The first-order valence-electron chi connectivity index (χ1n) is 17.3. The third-order valence-corrected chi connectivity index (χ3v) is 14.3. The number of rotatable bonds is 1. The number of fused-ring (bicyclic) bond motifs is 12. The summed E-state index contributed by atoms with van der Waals surface area (Å²) >= 11 is 3.23. The van der Waals surface area contributed by atoms with Gasteiger partial charge in [0.1, 0.15) is 11.9 Å². The van der Waals surface area contributed by atoms with Gasteiger partial charge in [0.15, 0.2) is 23.3 Å². The van der Waals surface area contributed by atoms with Gasteiger partial charge in [-0.15, -0.1) is 22.7 Å². The molecule has 0 amide bonds. The zero-order valence-corrected chi connectivity index (χ0v) is 31.1. The van der Waals surface area contributed by atoms with E-state index in [9.17, 15) is 4.39 Å². The second-order valence-electron chi connectivity index (χ2n) is 15.1. The van der Waals surface area contributed by atoms with E-state index >= 15 is 17.6 Å². The normalized spacial score (nSPS) is 19.2. The van der Waals surface area contributed by atoms with Crippen molar-refractivity contribution in [3.63, 3.8) is 0 Å². The molecule has 53 heavy (non-hydrogen) atoms. The summed E-state index contributed by atoms with van der Waals surface area (Å²) in [7, 11) is 4.00. The average Bonchev–Trinajstić information content (AvgIpc) is 3.74. The van der Waals surface area contributed by atoms with E-state index in [0.717, 1.165) is 63.6 Å². The first kappa shape index (κ1) is 32.7. The molecular weight excluding hydrogens is 720 g/mol. The van der Waals surface area contributed by atoms with Gasteiger partial charge in [-0.3, -0.25) is 0 Å². The fourth-order valence-corrected chi connectivity index (χ4v) is 11.5. The number of allylic oxidation sites excluding steroid dienone is 1. The van der Waals surface area contributed by atoms with E-state index in [1.165, 1.54) is 0 Å². The Labute approximate surface area is 310 Å². The zero-order chi connectivity index (χ0) is 37.0. The van der Waals surface area contributed by atoms with E-state index in [0.29, 0.717) is 5.57 Å². The second kappa shape index (κ2) is 10.6. The Bertz CT molecular complexity index is 2740. The molecule has 0 radical (unpaired) electrons. The smallest absolute Gasteiger partial charge is 0.200 e. The summed E-state index contributed by atoms with van der Waals surface area (Å²) in [5.74, 6) is -9.66. The van der Waals surface area contributed by atoms with Gasteiger partial charge in [-0.2, -0.15) is 0 Å². The molecular formula is C43H31F5N2OS2. The summed E-state index contributed by atoms with van der Waals surface area (Å²) in [6.07, 6.45) is 2.85. The molecule has 1 unspecified atom stereocenters. The van der Waals surface area contributed by atoms with Crippen molar-refractivity contribution < 1.29 is 26.7 Å². The lowest BCUT2D eigenvalue weighted by molar-refractivity contribution is 0.203. The number of nitrogens with zero attached hydrogens (tertiary/aromatic N) is 2. The third-order valence-electron chi connectivity index (χ3n) is 11.9. The topological polar surface area (TPSA) is 15.7 Å². The molecule has 1 aliphatic carbocycles. The van der Waals surface area contributed by atoms with Crippen LogP contribution in [-0.2, 0) is 11.1 Å². The number of benzene rings is 4. The molecule has 2 aromatic heterocycles. The largest absolute Gasteiger partial charge is 0.481 e. The Morgan fingerprint density at radius 3 is 1.85 bits per heavy atom. The number of hydrogen-bond acceptors (Lipinski definition) is 5. The van der Waals surface area contributed by atoms with Crippen molar-refractivity contribution >= 4 is 59.7 Å². The summed E-state index contributed by atoms with van der Waals surface area (Å²) in [6, 6.07) is 19.9. The molecule has 1 atom stereocenters. The Kier molecular flexibility index (Phi) is 6.54. The molecule has 5 heterocycles. The van der Waals surface area contributed by atoms with Crippen LogP contribution in [0.3, 0.4) is 0 Å². The maximum atomic E-state index is 16.2. The summed E-state index contributed by atoms with van der Waals surface area (Å²) in [5, 5.41) is 2.20. The Balaban J connectivity index is 1.32. The summed E-state index contributed by atoms with van der Waals surface area (Å²) < 4.78 is 86.1. The van der Waals surface area contributed by atoms with Gasteiger partial charge in [0.25, 0.3) is 0 Å². The van der Waals surface area contributed by atoms with Crippen LogP contribution in [0.1, 0.15) is 54.8 Å². The van der Waals surface area contributed by atoms with Crippen LogP contribution in [0, 0.1) is 29.1 Å². The molecule has 6 aromatic rings. The summed E-state index contributed by atoms with van der Waals surface area (Å²) in [6.45, 7) is 8.59. The minimum Gasteiger partial charge on any atom is -0.481 e. The van der Waals surface area contributed by atoms with E-state index < -0.39 is 51.8 Å². The zero-order valence-electron chi connectivity index (χ0n) is 29.5. The highest BCUT2D eigenvalue weighted by Gasteiger charge is 2.45. The van der Waals surface area contributed by atoms with Gasteiger partial charge < -0.3 is 14.5 Å². The van der Waals surface area contributed by atoms with Crippen molar-refractivity contribution in [3.8, 4) is 16.2 Å². The maximum Gasteiger partial charge on any atom is 0.200 e. The minimum absolute atomic E-state index is 0.0834. The quantitative estimate of drug-likeness (QED) is 0.0946. The van der Waals surface area contributed by atoms with Crippen LogP contribution in [0.15, 0.2) is 84.1 Å². The fourth-order valence-electron chi connectivity index (χ4n) is 8.76. The highest BCUT2D eigenvalue weighted by Crippen LogP contribution is 2.58. The van der Waals surface area contributed by atoms with Crippen LogP contribution >= 0.6 is 22.7 Å². The monoisotopic (exact) mass is 750 g/mol. The second-order valence-corrected chi connectivity index (χ2v) is 17.2. The van der Waals surface area contributed by atoms with Gasteiger partial charge >= 0.3 is 0 Å². The van der Waals surface area contributed by atoms with Crippen LogP contribution in [0.25, 0.3) is 41.8 Å². The molecule has 0 saturated carbocycles. The van der Waals surface area contributed by atoms with Crippen molar-refractivity contribution in [2.24, 2.45) is 0 Å². The van der Waals surface area contributed by atoms with Crippen LogP contribution in [0.5, 0.6) is 5.75 Å². The number of ether oxygens (including phenoxy) is 1. The van der Waals surface area contributed by atoms with Crippen molar-refractivity contribution in [1.82, 2.24) is 4.90 Å². The number of thiophene rings is 2. The predicted octanol–water partition coefficient (Wildman–Crippen LogP) is 11.9. The highest BCUT2D eigenvalue weighted by atomic mass is 32.1. The predicted molar refractivity (Wildman–Crippen MR) is 204 cm³/mol. The summed E-state index contributed by atoms with van der Waals surface area (Å²) in [5.41, 5.74) is 4.12. The van der Waals surface area contributed by atoms with E-state index in [4.69, 9.17) is 4.74 Å². The first-order valence-corrected chi connectivity index (χ1v) is 18.9. The van der Waals surface area contributed by atoms with Gasteiger partial charge in [-0.25, -0.2) is 22.0 Å². The van der Waals surface area contributed by atoms with Crippen molar-refractivity contribution in [2.75, 3.05) is 19.0 Å². The number of likely N-dealkylation sites (N-methyl/N-ethyl adjacent to an activating group) is 1. The van der Waals surface area contributed by atoms with Gasteiger partial charge in [0.05, 0.1) is 16.6 Å². The fraction of sp³-hybridized carbons (Fsp3) is 0.209. The summed E-state index contributed by atoms with van der Waals surface area (Å²) in [4.78, 5) is 6.28. The minimum atomic E-state index is -2.20. The Morgan fingerprint density at radius 1 is 0.660 bits per heavy atom. The molecule has 10 rings (SSSR count). The molecule has 0 fully saturated rings. The molecule has 0 saturated heterocycles. The van der Waals surface area contributed by atoms with Crippen LogP contribution in [-0.4, -0.2) is 25.1 Å². The molecule has 4 aliphatic rings. The molecule has 266 valence electrons. The lowest BCUT2D eigenvalue weighted by atomic mass is 9.77. The molecule has 3 aliphatic heterocycles. The van der Waals surface area contributed by atoms with Crippen LogP contribution < -0.4 is 9.64 Å². The molecule has 4 aromatic carbocycles. The number of hydrogen-bond donors (Lipinski definition) is 0. The van der Waals surface area contributed by atoms with Gasteiger partial charge in [0, 0.05) is 89.7 Å². The van der Waals surface area contributed by atoms with E-state index in [1.807, 2.05) is 56.6 Å². The van der Waals surface area contributed by atoms with Gasteiger partial charge in [-0.1, -0.05) is 36.4 Å². The van der Waals surface area contributed by atoms with E-state index in [-0.39, 0.29) is 16.9 Å². The number of anilines is 1. The maximum absolute atomic E-state index is 16.2. The first-order chi connectivity index (χ1) is 25.2. The van der Waals surface area contributed by atoms with Crippen molar-refractivity contribution in [2.45, 2.75) is 44.9 Å².